The summed E-state index contributed by atoms with van der Waals surface area (Å²) < 4.78 is 0. The van der Waals surface area contributed by atoms with Crippen LogP contribution in [0.2, 0.25) is 0 Å². The van der Waals surface area contributed by atoms with Crippen molar-refractivity contribution in [1.29, 1.82) is 0 Å². The maximum atomic E-state index is 12.2. The smallest absolute Gasteiger partial charge is 0.176 e. The summed E-state index contributed by atoms with van der Waals surface area (Å²) in [5.74, 6) is 0.350. The fraction of sp³-hybridized carbons (Fsp3) is 0.533. The van der Waals surface area contributed by atoms with Gasteiger partial charge >= 0.3 is 0 Å². The Hall–Kier alpha value is -1.39. The quantitative estimate of drug-likeness (QED) is 0.833. The van der Waals surface area contributed by atoms with Crippen LogP contribution in [0.4, 0.5) is 0 Å². The van der Waals surface area contributed by atoms with E-state index >= 15 is 0 Å². The van der Waals surface area contributed by atoms with Crippen LogP contribution >= 0.6 is 0 Å². The largest absolute Gasteiger partial charge is 0.508 e. The molecule has 1 atom stereocenters. The van der Waals surface area contributed by atoms with Gasteiger partial charge in [0.05, 0.1) is 6.54 Å². The summed E-state index contributed by atoms with van der Waals surface area (Å²) in [5, 5.41) is 9.24. The second-order valence-electron chi connectivity index (χ2n) is 5.54. The molecule has 1 aromatic rings. The standard InChI is InChI=1S/C15H20N2O2/c18-14-5-3-12(4-6-14)15(19)11-16-8-9-17-7-1-2-13(17)10-16/h3-6,13,18H,1-2,7-11H2. The van der Waals surface area contributed by atoms with Gasteiger partial charge in [-0.05, 0) is 43.7 Å². The summed E-state index contributed by atoms with van der Waals surface area (Å²) in [4.78, 5) is 17.0. The van der Waals surface area contributed by atoms with Crippen LogP contribution in [-0.2, 0) is 0 Å². The number of rotatable bonds is 3. The number of ketones is 1. The molecule has 0 amide bonds. The molecule has 19 heavy (non-hydrogen) atoms. The lowest BCUT2D eigenvalue weighted by atomic mass is 10.1. The molecule has 0 spiro atoms. The first kappa shape index (κ1) is 12.6. The number of aromatic hydroxyl groups is 1. The van der Waals surface area contributed by atoms with Crippen LogP contribution in [0.1, 0.15) is 23.2 Å². The van der Waals surface area contributed by atoms with E-state index in [0.717, 1.165) is 19.6 Å². The average molecular weight is 260 g/mol. The maximum Gasteiger partial charge on any atom is 0.176 e. The predicted molar refractivity (Wildman–Crippen MR) is 73.5 cm³/mol. The van der Waals surface area contributed by atoms with Crippen molar-refractivity contribution in [3.8, 4) is 5.75 Å². The van der Waals surface area contributed by atoms with Crippen molar-refractivity contribution < 1.29 is 9.90 Å². The van der Waals surface area contributed by atoms with Crippen molar-refractivity contribution >= 4 is 5.78 Å². The topological polar surface area (TPSA) is 43.8 Å². The number of benzene rings is 1. The molecule has 2 fully saturated rings. The molecular formula is C15H20N2O2. The molecule has 0 radical (unpaired) electrons. The molecule has 4 nitrogen and oxygen atoms in total. The highest BCUT2D eigenvalue weighted by molar-refractivity contribution is 5.97. The van der Waals surface area contributed by atoms with Gasteiger partial charge in [-0.3, -0.25) is 14.6 Å². The van der Waals surface area contributed by atoms with Crippen molar-refractivity contribution in [1.82, 2.24) is 9.80 Å². The van der Waals surface area contributed by atoms with Crippen LogP contribution in [0.15, 0.2) is 24.3 Å². The van der Waals surface area contributed by atoms with Crippen molar-refractivity contribution in [3.63, 3.8) is 0 Å². The van der Waals surface area contributed by atoms with E-state index in [4.69, 9.17) is 0 Å². The van der Waals surface area contributed by atoms with Gasteiger partial charge < -0.3 is 5.11 Å². The zero-order valence-electron chi connectivity index (χ0n) is 11.1. The number of phenols is 1. The number of Topliss-reactive ketones (excluding diaryl/α,β-unsaturated/α-hetero) is 1. The van der Waals surface area contributed by atoms with Crippen LogP contribution in [0.3, 0.4) is 0 Å². The number of fused-ring (bicyclic) bond motifs is 1. The first-order chi connectivity index (χ1) is 9.22. The van der Waals surface area contributed by atoms with E-state index in [-0.39, 0.29) is 11.5 Å². The van der Waals surface area contributed by atoms with Gasteiger partial charge in [-0.2, -0.15) is 0 Å². The predicted octanol–water partition coefficient (Wildman–Crippen LogP) is 1.35. The normalized spacial score (nSPS) is 24.3. The lowest BCUT2D eigenvalue weighted by Gasteiger charge is -2.37. The second-order valence-corrected chi connectivity index (χ2v) is 5.54. The molecule has 2 heterocycles. The molecule has 1 unspecified atom stereocenters. The van der Waals surface area contributed by atoms with Gasteiger partial charge in [-0.15, -0.1) is 0 Å². The van der Waals surface area contributed by atoms with Crippen molar-refractivity contribution in [2.24, 2.45) is 0 Å². The van der Waals surface area contributed by atoms with E-state index in [2.05, 4.69) is 9.80 Å². The lowest BCUT2D eigenvalue weighted by molar-refractivity contribution is 0.0784. The Morgan fingerprint density at radius 2 is 2.00 bits per heavy atom. The molecule has 0 aromatic heterocycles. The number of hydrogen-bond donors (Lipinski definition) is 1. The van der Waals surface area contributed by atoms with Gasteiger partial charge in [0.15, 0.2) is 5.78 Å². The number of piperazine rings is 1. The van der Waals surface area contributed by atoms with Gasteiger partial charge in [-0.25, -0.2) is 0 Å². The van der Waals surface area contributed by atoms with Crippen LogP contribution in [0.25, 0.3) is 0 Å². The van der Waals surface area contributed by atoms with Gasteiger partial charge in [0.25, 0.3) is 0 Å². The van der Waals surface area contributed by atoms with Gasteiger partial charge in [0, 0.05) is 31.2 Å². The van der Waals surface area contributed by atoms with Crippen LogP contribution in [0.5, 0.6) is 5.75 Å². The third kappa shape index (κ3) is 2.80. The first-order valence-corrected chi connectivity index (χ1v) is 7.01. The SMILES string of the molecule is O=C(CN1CCN2CCCC2C1)c1ccc(O)cc1. The number of phenolic OH excluding ortho intramolecular Hbond substituents is 1. The molecule has 0 bridgehead atoms. The van der Waals surface area contributed by atoms with E-state index < -0.39 is 0 Å². The Morgan fingerprint density at radius 3 is 2.79 bits per heavy atom. The van der Waals surface area contributed by atoms with Crippen molar-refractivity contribution in [2.45, 2.75) is 18.9 Å². The molecule has 4 heteroatoms. The molecule has 1 aromatic carbocycles. The minimum absolute atomic E-state index is 0.145. The summed E-state index contributed by atoms with van der Waals surface area (Å²) in [5.41, 5.74) is 0.687. The fourth-order valence-electron chi connectivity index (χ4n) is 3.14. The molecule has 2 saturated heterocycles. The number of nitrogens with zero attached hydrogens (tertiary/aromatic N) is 2. The summed E-state index contributed by atoms with van der Waals surface area (Å²) in [6.07, 6.45) is 2.56. The number of hydrogen-bond acceptors (Lipinski definition) is 4. The third-order valence-electron chi connectivity index (χ3n) is 4.23. The van der Waals surface area contributed by atoms with Gasteiger partial charge in [0.1, 0.15) is 5.75 Å². The third-order valence-corrected chi connectivity index (χ3v) is 4.23. The lowest BCUT2D eigenvalue weighted by Crippen LogP contribution is -2.51. The van der Waals surface area contributed by atoms with E-state index in [1.54, 1.807) is 24.3 Å². The average Bonchev–Trinajstić information content (AvgIpc) is 2.87. The minimum atomic E-state index is 0.145. The fourth-order valence-corrected chi connectivity index (χ4v) is 3.14. The Labute approximate surface area is 113 Å². The monoisotopic (exact) mass is 260 g/mol. The minimum Gasteiger partial charge on any atom is -0.508 e. The Balaban J connectivity index is 1.59. The highest BCUT2D eigenvalue weighted by Crippen LogP contribution is 2.21. The van der Waals surface area contributed by atoms with E-state index in [1.165, 1.54) is 19.4 Å². The molecule has 0 aliphatic carbocycles. The highest BCUT2D eigenvalue weighted by atomic mass is 16.3. The zero-order valence-corrected chi connectivity index (χ0v) is 11.1. The van der Waals surface area contributed by atoms with Gasteiger partial charge in [-0.1, -0.05) is 0 Å². The highest BCUT2D eigenvalue weighted by Gasteiger charge is 2.31. The van der Waals surface area contributed by atoms with Crippen LogP contribution in [0, 0.1) is 0 Å². The van der Waals surface area contributed by atoms with E-state index in [9.17, 15) is 9.90 Å². The maximum absolute atomic E-state index is 12.2. The molecule has 0 saturated carbocycles. The molecule has 3 rings (SSSR count). The molecule has 102 valence electrons. The Bertz CT molecular complexity index is 458. The van der Waals surface area contributed by atoms with Crippen LogP contribution < -0.4 is 0 Å². The molecule has 2 aliphatic rings. The van der Waals surface area contributed by atoms with Crippen molar-refractivity contribution in [3.05, 3.63) is 29.8 Å². The summed E-state index contributed by atoms with van der Waals surface area (Å²) in [6.45, 7) is 4.82. The zero-order chi connectivity index (χ0) is 13.2. The Morgan fingerprint density at radius 1 is 1.21 bits per heavy atom. The summed E-state index contributed by atoms with van der Waals surface area (Å²) in [6, 6.07) is 7.19. The molecule has 2 aliphatic heterocycles. The van der Waals surface area contributed by atoms with E-state index in [1.807, 2.05) is 0 Å². The summed E-state index contributed by atoms with van der Waals surface area (Å²) >= 11 is 0. The van der Waals surface area contributed by atoms with Gasteiger partial charge in [0.2, 0.25) is 0 Å². The van der Waals surface area contributed by atoms with Crippen LogP contribution in [-0.4, -0.2) is 59.5 Å². The number of carbonyl (C=O) groups excluding carboxylic acids is 1. The number of carbonyl (C=O) groups is 1. The van der Waals surface area contributed by atoms with E-state index in [0.29, 0.717) is 18.2 Å². The molecule has 1 N–H and O–H groups in total. The first-order valence-electron chi connectivity index (χ1n) is 7.01. The molecular weight excluding hydrogens is 240 g/mol. The summed E-state index contributed by atoms with van der Waals surface area (Å²) in [7, 11) is 0. The Kier molecular flexibility index (Phi) is 3.53. The van der Waals surface area contributed by atoms with Crippen molar-refractivity contribution in [2.75, 3.05) is 32.7 Å². The second kappa shape index (κ2) is 5.31.